The standard InChI is InChI=1S/C15H15N5O3S2/c1-8(21)16-14-17-10(7-25-14)13-18-19-15(24)20(13)11-5-4-9(22-2)6-12(11)23-3/h4-7H,1-3H3,(H,19,24)(H,16,17,21). The fraction of sp³-hybridized carbons (Fsp3) is 0.200. The molecule has 0 aliphatic heterocycles. The van der Waals surface area contributed by atoms with E-state index in [0.717, 1.165) is 0 Å². The summed E-state index contributed by atoms with van der Waals surface area (Å²) in [6.45, 7) is 1.43. The quantitative estimate of drug-likeness (QED) is 0.664. The number of carbonyl (C=O) groups is 1. The van der Waals surface area contributed by atoms with Crippen molar-refractivity contribution in [3.05, 3.63) is 28.4 Å². The maximum absolute atomic E-state index is 11.2. The zero-order valence-corrected chi connectivity index (χ0v) is 15.3. The van der Waals surface area contributed by atoms with Crippen LogP contribution < -0.4 is 14.8 Å². The lowest BCUT2D eigenvalue weighted by Gasteiger charge is -2.12. The molecule has 8 nitrogen and oxygen atoms in total. The number of H-pyrrole nitrogens is 1. The van der Waals surface area contributed by atoms with Crippen molar-refractivity contribution in [2.75, 3.05) is 19.5 Å². The molecular weight excluding hydrogens is 362 g/mol. The second kappa shape index (κ2) is 7.03. The van der Waals surface area contributed by atoms with Crippen LogP contribution in [0.1, 0.15) is 6.92 Å². The number of hydrogen-bond donors (Lipinski definition) is 2. The van der Waals surface area contributed by atoms with Crippen LogP contribution in [0.2, 0.25) is 0 Å². The van der Waals surface area contributed by atoms with Crippen LogP contribution in [0.3, 0.4) is 0 Å². The fourth-order valence-electron chi connectivity index (χ4n) is 2.25. The van der Waals surface area contributed by atoms with Gasteiger partial charge in [0, 0.05) is 18.4 Å². The predicted octanol–water partition coefficient (Wildman–Crippen LogP) is 3.03. The van der Waals surface area contributed by atoms with Crippen molar-refractivity contribution >= 4 is 34.6 Å². The molecule has 0 fully saturated rings. The third kappa shape index (κ3) is 3.39. The minimum Gasteiger partial charge on any atom is -0.497 e. The second-order valence-corrected chi connectivity index (χ2v) is 6.19. The van der Waals surface area contributed by atoms with Crippen molar-refractivity contribution < 1.29 is 14.3 Å². The van der Waals surface area contributed by atoms with Gasteiger partial charge in [0.1, 0.15) is 17.2 Å². The highest BCUT2D eigenvalue weighted by atomic mass is 32.1. The number of thiazole rings is 1. The van der Waals surface area contributed by atoms with Crippen molar-refractivity contribution in [1.29, 1.82) is 0 Å². The molecule has 130 valence electrons. The van der Waals surface area contributed by atoms with E-state index in [0.29, 0.717) is 38.6 Å². The van der Waals surface area contributed by atoms with E-state index >= 15 is 0 Å². The van der Waals surface area contributed by atoms with E-state index in [1.807, 2.05) is 6.07 Å². The molecule has 2 aromatic heterocycles. The van der Waals surface area contributed by atoms with E-state index in [1.54, 1.807) is 36.3 Å². The van der Waals surface area contributed by atoms with Crippen LogP contribution in [-0.2, 0) is 4.79 Å². The number of nitrogens with zero attached hydrogens (tertiary/aromatic N) is 3. The first-order valence-corrected chi connectivity index (χ1v) is 8.45. The molecule has 1 aromatic carbocycles. The number of carbonyl (C=O) groups excluding carboxylic acids is 1. The van der Waals surface area contributed by atoms with Gasteiger partial charge in [0.2, 0.25) is 5.91 Å². The van der Waals surface area contributed by atoms with Crippen LogP contribution >= 0.6 is 23.6 Å². The van der Waals surface area contributed by atoms with Gasteiger partial charge < -0.3 is 14.8 Å². The second-order valence-electron chi connectivity index (χ2n) is 4.94. The first-order chi connectivity index (χ1) is 12.0. The Bertz CT molecular complexity index is 976. The van der Waals surface area contributed by atoms with Crippen LogP contribution in [-0.4, -0.2) is 39.9 Å². The Morgan fingerprint density at radius 1 is 1.36 bits per heavy atom. The van der Waals surface area contributed by atoms with Gasteiger partial charge in [0.15, 0.2) is 15.7 Å². The zero-order valence-electron chi connectivity index (χ0n) is 13.7. The van der Waals surface area contributed by atoms with Crippen LogP contribution in [0, 0.1) is 4.77 Å². The largest absolute Gasteiger partial charge is 0.497 e. The van der Waals surface area contributed by atoms with Crippen molar-refractivity contribution in [1.82, 2.24) is 19.7 Å². The molecule has 0 radical (unpaired) electrons. The third-order valence-corrected chi connectivity index (χ3v) is 4.35. The van der Waals surface area contributed by atoms with Gasteiger partial charge in [-0.25, -0.2) is 4.98 Å². The van der Waals surface area contributed by atoms with Gasteiger partial charge in [0.05, 0.1) is 19.9 Å². The van der Waals surface area contributed by atoms with Crippen molar-refractivity contribution in [2.45, 2.75) is 6.92 Å². The zero-order chi connectivity index (χ0) is 18.0. The Morgan fingerprint density at radius 3 is 2.84 bits per heavy atom. The molecule has 0 aliphatic rings. The number of aromatic nitrogens is 4. The number of amides is 1. The van der Waals surface area contributed by atoms with Gasteiger partial charge in [-0.3, -0.25) is 14.5 Å². The van der Waals surface area contributed by atoms with Crippen LogP contribution in [0.15, 0.2) is 23.6 Å². The monoisotopic (exact) mass is 377 g/mol. The number of aromatic amines is 1. The number of methoxy groups -OCH3 is 2. The summed E-state index contributed by atoms with van der Waals surface area (Å²) in [5.74, 6) is 1.58. The van der Waals surface area contributed by atoms with Crippen LogP contribution in [0.25, 0.3) is 17.2 Å². The van der Waals surface area contributed by atoms with Gasteiger partial charge in [-0.05, 0) is 24.4 Å². The SMILES string of the molecule is COc1ccc(-n2c(-c3csc(NC(C)=O)n3)n[nH]c2=S)c(OC)c1. The average Bonchev–Trinajstić information content (AvgIpc) is 3.20. The van der Waals surface area contributed by atoms with E-state index < -0.39 is 0 Å². The summed E-state index contributed by atoms with van der Waals surface area (Å²) in [5, 5.41) is 12.0. The Morgan fingerprint density at radius 2 is 2.16 bits per heavy atom. The normalized spacial score (nSPS) is 10.5. The summed E-state index contributed by atoms with van der Waals surface area (Å²) in [6.07, 6.45) is 0. The molecule has 0 unspecified atom stereocenters. The molecule has 25 heavy (non-hydrogen) atoms. The van der Waals surface area contributed by atoms with Gasteiger partial charge in [0.25, 0.3) is 0 Å². The maximum Gasteiger partial charge on any atom is 0.223 e. The number of benzene rings is 1. The smallest absolute Gasteiger partial charge is 0.223 e. The molecule has 0 saturated carbocycles. The maximum atomic E-state index is 11.2. The minimum absolute atomic E-state index is 0.184. The molecule has 0 spiro atoms. The molecule has 3 aromatic rings. The Hall–Kier alpha value is -2.72. The topological polar surface area (TPSA) is 94.1 Å². The van der Waals surface area contributed by atoms with E-state index in [1.165, 1.54) is 18.3 Å². The molecule has 0 bridgehead atoms. The van der Waals surface area contributed by atoms with Crippen LogP contribution in [0.5, 0.6) is 11.5 Å². The Kier molecular flexibility index (Phi) is 4.81. The minimum atomic E-state index is -0.184. The number of rotatable bonds is 5. The Balaban J connectivity index is 2.10. The van der Waals surface area contributed by atoms with E-state index in [2.05, 4.69) is 20.5 Å². The Labute approximate surface area is 152 Å². The van der Waals surface area contributed by atoms with Crippen molar-refractivity contribution in [3.8, 4) is 28.7 Å². The number of hydrogen-bond acceptors (Lipinski definition) is 7. The summed E-state index contributed by atoms with van der Waals surface area (Å²) in [6, 6.07) is 5.39. The van der Waals surface area contributed by atoms with Gasteiger partial charge in [-0.1, -0.05) is 0 Å². The highest BCUT2D eigenvalue weighted by Gasteiger charge is 2.17. The number of ether oxygens (including phenoxy) is 2. The molecule has 3 rings (SSSR count). The van der Waals surface area contributed by atoms with Crippen molar-refractivity contribution in [2.24, 2.45) is 0 Å². The third-order valence-electron chi connectivity index (χ3n) is 3.32. The summed E-state index contributed by atoms with van der Waals surface area (Å²) >= 11 is 6.67. The molecule has 0 atom stereocenters. The summed E-state index contributed by atoms with van der Waals surface area (Å²) in [5.41, 5.74) is 1.28. The van der Waals surface area contributed by atoms with Gasteiger partial charge in [-0.2, -0.15) is 5.10 Å². The number of nitrogens with one attached hydrogen (secondary N) is 2. The highest BCUT2D eigenvalue weighted by molar-refractivity contribution is 7.71. The highest BCUT2D eigenvalue weighted by Crippen LogP contribution is 2.32. The van der Waals surface area contributed by atoms with Gasteiger partial charge >= 0.3 is 0 Å². The molecule has 0 saturated heterocycles. The summed E-state index contributed by atoms with van der Waals surface area (Å²) < 4.78 is 12.8. The lowest BCUT2D eigenvalue weighted by Crippen LogP contribution is -2.05. The molecule has 2 N–H and O–H groups in total. The summed E-state index contributed by atoms with van der Waals surface area (Å²) in [4.78, 5) is 15.6. The van der Waals surface area contributed by atoms with E-state index in [4.69, 9.17) is 21.7 Å². The van der Waals surface area contributed by atoms with Crippen molar-refractivity contribution in [3.63, 3.8) is 0 Å². The predicted molar refractivity (Wildman–Crippen MR) is 97.3 cm³/mol. The molecular formula is C15H15N5O3S2. The molecule has 1 amide bonds. The number of anilines is 1. The van der Waals surface area contributed by atoms with E-state index in [9.17, 15) is 4.79 Å². The lowest BCUT2D eigenvalue weighted by molar-refractivity contribution is -0.114. The first kappa shape index (κ1) is 17.1. The fourth-order valence-corrected chi connectivity index (χ4v) is 3.21. The average molecular weight is 377 g/mol. The van der Waals surface area contributed by atoms with Crippen LogP contribution in [0.4, 0.5) is 5.13 Å². The molecule has 2 heterocycles. The van der Waals surface area contributed by atoms with E-state index in [-0.39, 0.29) is 5.91 Å². The van der Waals surface area contributed by atoms with Gasteiger partial charge in [-0.15, -0.1) is 11.3 Å². The molecule has 0 aliphatic carbocycles. The first-order valence-electron chi connectivity index (χ1n) is 7.16. The lowest BCUT2D eigenvalue weighted by atomic mass is 10.2. The summed E-state index contributed by atoms with van der Waals surface area (Å²) in [7, 11) is 3.15. The molecule has 10 heteroatoms.